The maximum absolute atomic E-state index is 14.0. The summed E-state index contributed by atoms with van der Waals surface area (Å²) in [6, 6.07) is 3.21. The quantitative estimate of drug-likeness (QED) is 0.504. The van der Waals surface area contributed by atoms with Gasteiger partial charge < -0.3 is 15.8 Å². The Balaban J connectivity index is 3.16. The molecular formula is C18H22F3N3O3. The van der Waals surface area contributed by atoms with Crippen LogP contribution in [0, 0.1) is 5.82 Å². The fourth-order valence-corrected chi connectivity index (χ4v) is 2.17. The predicted molar refractivity (Wildman–Crippen MR) is 95.3 cm³/mol. The smallest absolute Gasteiger partial charge is 0.307 e. The Labute approximate surface area is 155 Å². The van der Waals surface area contributed by atoms with Crippen molar-refractivity contribution < 1.29 is 27.5 Å². The third-order valence-electron chi connectivity index (χ3n) is 3.46. The van der Waals surface area contributed by atoms with Crippen molar-refractivity contribution in [1.82, 2.24) is 5.32 Å². The lowest BCUT2D eigenvalue weighted by molar-refractivity contribution is -0.140. The molecule has 27 heavy (non-hydrogen) atoms. The molecule has 1 aromatic carbocycles. The fourth-order valence-electron chi connectivity index (χ4n) is 2.17. The number of allylic oxidation sites excluding steroid dienone is 1. The maximum atomic E-state index is 14.0. The molecule has 1 rings (SSSR count). The summed E-state index contributed by atoms with van der Waals surface area (Å²) in [7, 11) is 1.21. The zero-order valence-electron chi connectivity index (χ0n) is 15.1. The summed E-state index contributed by atoms with van der Waals surface area (Å²) in [5, 5.41) is 2.43. The van der Waals surface area contributed by atoms with E-state index >= 15 is 0 Å². The lowest BCUT2D eigenvalue weighted by atomic mass is 10.00. The average Bonchev–Trinajstić information content (AvgIpc) is 2.63. The predicted octanol–water partition coefficient (Wildman–Crippen LogP) is 2.43. The molecule has 0 radical (unpaired) electrons. The lowest BCUT2D eigenvalue weighted by Crippen LogP contribution is -2.27. The highest BCUT2D eigenvalue weighted by Gasteiger charge is 2.21. The largest absolute Gasteiger partial charge is 0.469 e. The first-order valence-electron chi connectivity index (χ1n) is 8.24. The fraction of sp³-hybridized carbons (Fsp3) is 0.389. The second kappa shape index (κ2) is 11.0. The molecule has 0 bridgehead atoms. The Bertz CT molecular complexity index is 734. The van der Waals surface area contributed by atoms with Crippen LogP contribution in [0.25, 0.3) is 0 Å². The minimum absolute atomic E-state index is 0.0126. The summed E-state index contributed by atoms with van der Waals surface area (Å²) in [5.74, 6) is -1.97. The van der Waals surface area contributed by atoms with Crippen LogP contribution in [0.2, 0.25) is 0 Å². The molecule has 0 aliphatic rings. The van der Waals surface area contributed by atoms with Gasteiger partial charge in [-0.2, -0.15) is 0 Å². The maximum Gasteiger partial charge on any atom is 0.307 e. The van der Waals surface area contributed by atoms with E-state index in [-0.39, 0.29) is 36.3 Å². The van der Waals surface area contributed by atoms with Crippen LogP contribution >= 0.6 is 0 Å². The summed E-state index contributed by atoms with van der Waals surface area (Å²) < 4.78 is 45.0. The van der Waals surface area contributed by atoms with Crippen molar-refractivity contribution in [2.75, 3.05) is 20.2 Å². The van der Waals surface area contributed by atoms with Crippen molar-refractivity contribution >= 4 is 17.6 Å². The highest BCUT2D eigenvalue weighted by atomic mass is 19.3. The van der Waals surface area contributed by atoms with Gasteiger partial charge in [0.2, 0.25) is 0 Å². The topological polar surface area (TPSA) is 93.8 Å². The summed E-state index contributed by atoms with van der Waals surface area (Å²) in [6.07, 6.45) is -1.66. The van der Waals surface area contributed by atoms with Crippen molar-refractivity contribution in [1.29, 1.82) is 0 Å². The van der Waals surface area contributed by atoms with E-state index in [1.165, 1.54) is 13.2 Å². The summed E-state index contributed by atoms with van der Waals surface area (Å²) in [4.78, 5) is 27.3. The number of nitrogens with one attached hydrogen (secondary N) is 1. The van der Waals surface area contributed by atoms with E-state index in [9.17, 15) is 22.8 Å². The van der Waals surface area contributed by atoms with Crippen LogP contribution in [-0.4, -0.2) is 44.2 Å². The molecule has 0 atom stereocenters. The molecule has 0 fully saturated rings. The molecule has 9 heteroatoms. The van der Waals surface area contributed by atoms with E-state index in [2.05, 4.69) is 15.0 Å². The minimum atomic E-state index is -2.91. The van der Waals surface area contributed by atoms with Crippen molar-refractivity contribution in [2.24, 2.45) is 10.7 Å². The van der Waals surface area contributed by atoms with Crippen molar-refractivity contribution in [3.63, 3.8) is 0 Å². The van der Waals surface area contributed by atoms with Crippen LogP contribution in [0.4, 0.5) is 13.2 Å². The highest BCUT2D eigenvalue weighted by molar-refractivity contribution is 6.14. The SMILES string of the molecule is CCCN=C(C(=CN)C(F)F)c1cc(F)cc(C(=O)NCCC(=O)OC)c1. The number of rotatable bonds is 9. The molecule has 148 valence electrons. The Hall–Kier alpha value is -2.84. The third kappa shape index (κ3) is 6.76. The number of aliphatic imine (C=N–C) groups is 1. The van der Waals surface area contributed by atoms with Gasteiger partial charge in [-0.15, -0.1) is 0 Å². The van der Waals surface area contributed by atoms with Crippen molar-refractivity contribution in [3.8, 4) is 0 Å². The van der Waals surface area contributed by atoms with Gasteiger partial charge in [0.1, 0.15) is 5.82 Å². The number of nitrogens with zero attached hydrogens (tertiary/aromatic N) is 1. The molecule has 1 amide bonds. The molecular weight excluding hydrogens is 363 g/mol. The van der Waals surface area contributed by atoms with E-state index in [1.54, 1.807) is 6.92 Å². The number of carbonyl (C=O) groups is 2. The second-order valence-electron chi connectivity index (χ2n) is 5.46. The molecule has 0 unspecified atom stereocenters. The molecule has 0 spiro atoms. The van der Waals surface area contributed by atoms with Crippen LogP contribution in [0.15, 0.2) is 35.0 Å². The molecule has 0 saturated carbocycles. The first kappa shape index (κ1) is 22.2. The highest BCUT2D eigenvalue weighted by Crippen LogP contribution is 2.19. The number of nitrogens with two attached hydrogens (primary N) is 1. The number of amides is 1. The van der Waals surface area contributed by atoms with E-state index in [0.29, 0.717) is 6.42 Å². The molecule has 0 aromatic heterocycles. The summed E-state index contributed by atoms with van der Waals surface area (Å²) >= 11 is 0. The third-order valence-corrected chi connectivity index (χ3v) is 3.46. The van der Waals surface area contributed by atoms with E-state index in [1.807, 2.05) is 0 Å². The van der Waals surface area contributed by atoms with Gasteiger partial charge in [0, 0.05) is 30.4 Å². The first-order valence-corrected chi connectivity index (χ1v) is 8.24. The second-order valence-corrected chi connectivity index (χ2v) is 5.46. The number of ether oxygens (including phenoxy) is 1. The zero-order chi connectivity index (χ0) is 20.4. The standard InChI is InChI=1S/C18H22F3N3O3/c1-3-5-23-16(14(10-22)17(20)21)11-7-12(9-13(19)8-11)18(26)24-6-4-15(25)27-2/h7-10,17H,3-6,22H2,1-2H3,(H,24,26). The summed E-state index contributed by atoms with van der Waals surface area (Å²) in [6.45, 7) is 2.02. The molecule has 1 aromatic rings. The molecule has 0 heterocycles. The number of hydrogen-bond donors (Lipinski definition) is 2. The summed E-state index contributed by atoms with van der Waals surface area (Å²) in [5.41, 5.74) is 4.49. The molecule has 6 nitrogen and oxygen atoms in total. The lowest BCUT2D eigenvalue weighted by Gasteiger charge is -2.12. The first-order chi connectivity index (χ1) is 12.8. The van der Waals surface area contributed by atoms with Gasteiger partial charge in [-0.25, -0.2) is 13.2 Å². The Kier molecular flexibility index (Phi) is 9.04. The normalized spacial score (nSPS) is 12.2. The molecule has 3 N–H and O–H groups in total. The van der Waals surface area contributed by atoms with Crippen LogP contribution < -0.4 is 11.1 Å². The monoisotopic (exact) mass is 385 g/mol. The zero-order valence-corrected chi connectivity index (χ0v) is 15.1. The number of carbonyl (C=O) groups excluding carboxylic acids is 2. The van der Waals surface area contributed by atoms with Gasteiger partial charge in [0.25, 0.3) is 12.3 Å². The number of halogens is 3. The Morgan fingerprint density at radius 3 is 2.52 bits per heavy atom. The van der Waals surface area contributed by atoms with Gasteiger partial charge in [-0.1, -0.05) is 6.92 Å². The average molecular weight is 385 g/mol. The van der Waals surface area contributed by atoms with Crippen LogP contribution in [0.5, 0.6) is 0 Å². The van der Waals surface area contributed by atoms with E-state index in [4.69, 9.17) is 5.73 Å². The van der Waals surface area contributed by atoms with Gasteiger partial charge in [-0.3, -0.25) is 14.6 Å². The molecule has 0 saturated heterocycles. The number of benzene rings is 1. The van der Waals surface area contributed by atoms with Gasteiger partial charge in [-0.05, 0) is 24.6 Å². The van der Waals surface area contributed by atoms with Gasteiger partial charge in [0.05, 0.1) is 24.8 Å². The van der Waals surface area contributed by atoms with Crippen LogP contribution in [0.1, 0.15) is 35.7 Å². The van der Waals surface area contributed by atoms with Crippen molar-refractivity contribution in [3.05, 3.63) is 46.9 Å². The van der Waals surface area contributed by atoms with Gasteiger partial charge >= 0.3 is 5.97 Å². The van der Waals surface area contributed by atoms with E-state index < -0.39 is 29.7 Å². The number of hydrogen-bond acceptors (Lipinski definition) is 5. The molecule has 0 aliphatic carbocycles. The Morgan fingerprint density at radius 2 is 1.96 bits per heavy atom. The Morgan fingerprint density at radius 1 is 1.30 bits per heavy atom. The number of alkyl halides is 2. The van der Waals surface area contributed by atoms with Crippen LogP contribution in [0.3, 0.4) is 0 Å². The van der Waals surface area contributed by atoms with Gasteiger partial charge in [0.15, 0.2) is 0 Å². The number of methoxy groups -OCH3 is 1. The van der Waals surface area contributed by atoms with E-state index in [0.717, 1.165) is 18.3 Å². The van der Waals surface area contributed by atoms with Crippen LogP contribution in [-0.2, 0) is 9.53 Å². The van der Waals surface area contributed by atoms with Crippen molar-refractivity contribution in [2.45, 2.75) is 26.2 Å². The minimum Gasteiger partial charge on any atom is -0.469 e. The molecule has 0 aliphatic heterocycles. The number of esters is 1.